The fraction of sp³-hybridized carbons (Fsp3) is 0.778. The highest BCUT2D eigenvalue weighted by molar-refractivity contribution is 5.81. The van der Waals surface area contributed by atoms with Gasteiger partial charge in [0, 0.05) is 13.6 Å². The van der Waals surface area contributed by atoms with Crippen molar-refractivity contribution in [3.63, 3.8) is 0 Å². The fourth-order valence-electron chi connectivity index (χ4n) is 0.899. The highest BCUT2D eigenvalue weighted by Crippen LogP contribution is 2.17. The van der Waals surface area contributed by atoms with Crippen LogP contribution in [0.1, 0.15) is 0 Å². The lowest BCUT2D eigenvalue weighted by Gasteiger charge is -2.18. The normalized spacial score (nSPS) is 11.3. The summed E-state index contributed by atoms with van der Waals surface area (Å²) in [5, 5.41) is 8.21. The minimum absolute atomic E-state index is 0.0171. The molecule has 6 nitrogen and oxygen atoms in total. The van der Waals surface area contributed by atoms with Crippen LogP contribution in [-0.4, -0.2) is 68.1 Å². The highest BCUT2D eigenvalue weighted by atomic mass is 19.4. The molecule has 0 rings (SSSR count). The van der Waals surface area contributed by atoms with E-state index >= 15 is 0 Å². The molecule has 0 atom stereocenters. The first kappa shape index (κ1) is 16.6. The molecule has 0 aromatic carbocycles. The Balaban J connectivity index is 3.55. The molecule has 0 fully saturated rings. The zero-order valence-electron chi connectivity index (χ0n) is 9.70. The zero-order chi connectivity index (χ0) is 14.2. The molecule has 0 radical (unpaired) electrons. The lowest BCUT2D eigenvalue weighted by atomic mass is 10.5. The standard InChI is InChI=1S/C9H14F3NO5/c1-13(8(16)9(10,11)12)2-3-17-4-5-18-6-7(14)15/h2-6H2,1H3,(H,14,15). The third-order valence-electron chi connectivity index (χ3n) is 1.76. The molecule has 18 heavy (non-hydrogen) atoms. The molecule has 106 valence electrons. The number of ether oxygens (including phenoxy) is 2. The number of hydrogen-bond donors (Lipinski definition) is 1. The van der Waals surface area contributed by atoms with Crippen molar-refractivity contribution in [3.8, 4) is 0 Å². The number of carboxylic acids is 1. The Morgan fingerprint density at radius 1 is 1.17 bits per heavy atom. The molecule has 0 aromatic rings. The van der Waals surface area contributed by atoms with Gasteiger partial charge in [-0.15, -0.1) is 0 Å². The van der Waals surface area contributed by atoms with Crippen molar-refractivity contribution < 1.29 is 37.3 Å². The third kappa shape index (κ3) is 7.85. The minimum atomic E-state index is -4.89. The predicted octanol–water partition coefficient (Wildman–Crippen LogP) is 0.125. The second-order valence-electron chi connectivity index (χ2n) is 3.28. The number of carbonyl (C=O) groups excluding carboxylic acids is 1. The van der Waals surface area contributed by atoms with Crippen LogP contribution < -0.4 is 0 Å². The third-order valence-corrected chi connectivity index (χ3v) is 1.76. The molecule has 0 bridgehead atoms. The summed E-state index contributed by atoms with van der Waals surface area (Å²) in [6.07, 6.45) is -4.89. The van der Waals surface area contributed by atoms with E-state index in [1.54, 1.807) is 0 Å². The number of amides is 1. The Labute approximate surface area is 101 Å². The maximum atomic E-state index is 11.9. The highest BCUT2D eigenvalue weighted by Gasteiger charge is 2.40. The Morgan fingerprint density at radius 2 is 1.72 bits per heavy atom. The van der Waals surface area contributed by atoms with E-state index in [4.69, 9.17) is 9.84 Å². The predicted molar refractivity (Wildman–Crippen MR) is 53.0 cm³/mol. The van der Waals surface area contributed by atoms with Gasteiger partial charge in [0.25, 0.3) is 0 Å². The second-order valence-corrected chi connectivity index (χ2v) is 3.28. The molecule has 0 spiro atoms. The van der Waals surface area contributed by atoms with Crippen LogP contribution in [0.4, 0.5) is 13.2 Å². The molecule has 0 aliphatic heterocycles. The summed E-state index contributed by atoms with van der Waals surface area (Å²) < 4.78 is 45.3. The lowest BCUT2D eigenvalue weighted by molar-refractivity contribution is -0.184. The molecule has 9 heteroatoms. The van der Waals surface area contributed by atoms with E-state index in [9.17, 15) is 22.8 Å². The first-order chi connectivity index (χ1) is 8.25. The number of alkyl halides is 3. The quantitative estimate of drug-likeness (QED) is 0.636. The van der Waals surface area contributed by atoms with Gasteiger partial charge in [-0.25, -0.2) is 4.79 Å². The molecular weight excluding hydrogens is 259 g/mol. The van der Waals surface area contributed by atoms with Crippen molar-refractivity contribution in [3.05, 3.63) is 0 Å². The maximum Gasteiger partial charge on any atom is 0.471 e. The van der Waals surface area contributed by atoms with Gasteiger partial charge < -0.3 is 19.5 Å². The van der Waals surface area contributed by atoms with Gasteiger partial charge in [-0.3, -0.25) is 4.79 Å². The summed E-state index contributed by atoms with van der Waals surface area (Å²) in [7, 11) is 1.01. The number of hydrogen-bond acceptors (Lipinski definition) is 4. The van der Waals surface area contributed by atoms with Crippen molar-refractivity contribution in [2.24, 2.45) is 0 Å². The Kier molecular flexibility index (Phi) is 7.29. The summed E-state index contributed by atoms with van der Waals surface area (Å²) in [5.41, 5.74) is 0. The van der Waals surface area contributed by atoms with E-state index in [0.717, 1.165) is 7.05 Å². The van der Waals surface area contributed by atoms with Crippen molar-refractivity contribution >= 4 is 11.9 Å². The molecule has 0 saturated carbocycles. The van der Waals surface area contributed by atoms with Gasteiger partial charge in [0.05, 0.1) is 19.8 Å². The monoisotopic (exact) mass is 273 g/mol. The number of carbonyl (C=O) groups is 2. The van der Waals surface area contributed by atoms with Crippen LogP contribution in [0.5, 0.6) is 0 Å². The van der Waals surface area contributed by atoms with Crippen LogP contribution in [0, 0.1) is 0 Å². The molecule has 0 unspecified atom stereocenters. The van der Waals surface area contributed by atoms with Gasteiger partial charge in [-0.1, -0.05) is 0 Å². The number of rotatable bonds is 8. The molecule has 0 aromatic heterocycles. The van der Waals surface area contributed by atoms with Crippen LogP contribution in [0.2, 0.25) is 0 Å². The van der Waals surface area contributed by atoms with Crippen molar-refractivity contribution in [1.82, 2.24) is 4.90 Å². The van der Waals surface area contributed by atoms with E-state index in [-0.39, 0.29) is 26.4 Å². The number of nitrogens with zero attached hydrogens (tertiary/aromatic N) is 1. The number of aliphatic carboxylic acids is 1. The molecule has 1 amide bonds. The van der Waals surface area contributed by atoms with Gasteiger partial charge in [0.15, 0.2) is 0 Å². The molecule has 0 aliphatic carbocycles. The maximum absolute atomic E-state index is 11.9. The SMILES string of the molecule is CN(CCOCCOCC(=O)O)C(=O)C(F)(F)F. The summed E-state index contributed by atoms with van der Waals surface area (Å²) in [6.45, 7) is -0.702. The number of likely N-dealkylation sites (N-methyl/N-ethyl adjacent to an activating group) is 1. The number of halogens is 3. The first-order valence-corrected chi connectivity index (χ1v) is 4.94. The Bertz CT molecular complexity index is 282. The minimum Gasteiger partial charge on any atom is -0.480 e. The van der Waals surface area contributed by atoms with E-state index < -0.39 is 24.7 Å². The Hall–Kier alpha value is -1.35. The van der Waals surface area contributed by atoms with E-state index in [2.05, 4.69) is 4.74 Å². The average Bonchev–Trinajstić information content (AvgIpc) is 2.24. The molecule has 0 aliphatic rings. The van der Waals surface area contributed by atoms with Crippen LogP contribution in [0.3, 0.4) is 0 Å². The summed E-state index contributed by atoms with van der Waals surface area (Å²) in [5.74, 6) is -3.06. The fourth-order valence-corrected chi connectivity index (χ4v) is 0.899. The molecular formula is C9H14F3NO5. The second kappa shape index (κ2) is 7.88. The van der Waals surface area contributed by atoms with Gasteiger partial charge in [-0.05, 0) is 0 Å². The van der Waals surface area contributed by atoms with Gasteiger partial charge in [0.2, 0.25) is 0 Å². The Morgan fingerprint density at radius 3 is 2.22 bits per heavy atom. The molecule has 0 saturated heterocycles. The van der Waals surface area contributed by atoms with E-state index in [1.807, 2.05) is 0 Å². The first-order valence-electron chi connectivity index (χ1n) is 4.94. The van der Waals surface area contributed by atoms with Gasteiger partial charge >= 0.3 is 18.1 Å². The van der Waals surface area contributed by atoms with Gasteiger partial charge in [-0.2, -0.15) is 13.2 Å². The largest absolute Gasteiger partial charge is 0.480 e. The molecule has 0 heterocycles. The van der Waals surface area contributed by atoms with Crippen LogP contribution in [-0.2, 0) is 19.1 Å². The summed E-state index contributed by atoms with van der Waals surface area (Å²) in [4.78, 5) is 21.2. The lowest BCUT2D eigenvalue weighted by Crippen LogP contribution is -2.40. The van der Waals surface area contributed by atoms with Crippen molar-refractivity contribution in [2.45, 2.75) is 6.18 Å². The van der Waals surface area contributed by atoms with Crippen molar-refractivity contribution in [1.29, 1.82) is 0 Å². The summed E-state index contributed by atoms with van der Waals surface area (Å²) >= 11 is 0. The summed E-state index contributed by atoms with van der Waals surface area (Å²) in [6, 6.07) is 0. The van der Waals surface area contributed by atoms with E-state index in [0.29, 0.717) is 4.90 Å². The van der Waals surface area contributed by atoms with E-state index in [1.165, 1.54) is 0 Å². The van der Waals surface area contributed by atoms with Crippen LogP contribution >= 0.6 is 0 Å². The molecule has 1 N–H and O–H groups in total. The van der Waals surface area contributed by atoms with Crippen LogP contribution in [0.25, 0.3) is 0 Å². The van der Waals surface area contributed by atoms with Crippen molar-refractivity contribution in [2.75, 3.05) is 40.0 Å². The number of carboxylic acid groups (broad SMARTS) is 1. The smallest absolute Gasteiger partial charge is 0.471 e. The van der Waals surface area contributed by atoms with Gasteiger partial charge in [0.1, 0.15) is 6.61 Å². The zero-order valence-corrected chi connectivity index (χ0v) is 9.70. The average molecular weight is 273 g/mol. The van der Waals surface area contributed by atoms with Crippen LogP contribution in [0.15, 0.2) is 0 Å². The topological polar surface area (TPSA) is 76.1 Å².